The van der Waals surface area contributed by atoms with E-state index in [2.05, 4.69) is 46.8 Å². The number of hydrogen-bond donors (Lipinski definition) is 1. The normalized spacial score (nSPS) is 11.0. The summed E-state index contributed by atoms with van der Waals surface area (Å²) in [4.78, 5) is 1.65. The molecule has 0 atom stereocenters. The molecule has 0 fully saturated rings. The van der Waals surface area contributed by atoms with Gasteiger partial charge in [-0.2, -0.15) is 0 Å². The van der Waals surface area contributed by atoms with Crippen LogP contribution in [0.15, 0.2) is 12.1 Å². The third-order valence-electron chi connectivity index (χ3n) is 3.70. The van der Waals surface area contributed by atoms with Crippen molar-refractivity contribution in [3.8, 4) is 5.75 Å². The fraction of sp³-hybridized carbons (Fsp3) is 0.625. The van der Waals surface area contributed by atoms with Gasteiger partial charge in [-0.25, -0.2) is 0 Å². The van der Waals surface area contributed by atoms with Crippen LogP contribution in [0.3, 0.4) is 0 Å². The summed E-state index contributed by atoms with van der Waals surface area (Å²) in [7, 11) is 0. The lowest BCUT2D eigenvalue weighted by atomic mass is 10.1. The number of benzene rings is 1. The molecule has 102 valence electrons. The molecule has 1 N–H and O–H groups in total. The van der Waals surface area contributed by atoms with Gasteiger partial charge in [0.25, 0.3) is 0 Å². The molecular formula is C16H28NO+. The number of hydrogen-bond acceptors (Lipinski definition) is 1. The molecular weight excluding hydrogens is 222 g/mol. The maximum Gasteiger partial charge on any atom is 0.122 e. The summed E-state index contributed by atoms with van der Waals surface area (Å²) in [5.74, 6) is 1.06. The monoisotopic (exact) mass is 250 g/mol. The zero-order chi connectivity index (χ0) is 13.5. The minimum absolute atomic E-state index is 0.827. The van der Waals surface area contributed by atoms with Gasteiger partial charge in [0.1, 0.15) is 5.75 Å². The first-order chi connectivity index (χ1) is 8.58. The second kappa shape index (κ2) is 7.42. The quantitative estimate of drug-likeness (QED) is 0.733. The van der Waals surface area contributed by atoms with Gasteiger partial charge >= 0.3 is 0 Å². The minimum atomic E-state index is 0.827. The molecule has 1 aromatic carbocycles. The Hall–Kier alpha value is -1.02. The standard InChI is InChI=1S/C16H27NO/c1-6-17(7-2)9-8-10-18-16-12-13(3)11-14(4)15(16)5/h11-12H,6-10H2,1-5H3/p+1. The van der Waals surface area contributed by atoms with Crippen LogP contribution in [0.2, 0.25) is 0 Å². The van der Waals surface area contributed by atoms with Crippen molar-refractivity contribution in [2.75, 3.05) is 26.2 Å². The number of quaternary nitrogens is 1. The summed E-state index contributed by atoms with van der Waals surface area (Å²) < 4.78 is 5.92. The largest absolute Gasteiger partial charge is 0.493 e. The SMILES string of the molecule is CC[NH+](CC)CCCOc1cc(C)cc(C)c1C. The van der Waals surface area contributed by atoms with Crippen molar-refractivity contribution in [2.24, 2.45) is 0 Å². The van der Waals surface area contributed by atoms with Gasteiger partial charge in [0.15, 0.2) is 0 Å². The summed E-state index contributed by atoms with van der Waals surface area (Å²) in [6.45, 7) is 15.3. The maximum atomic E-state index is 5.92. The van der Waals surface area contributed by atoms with Crippen LogP contribution in [0.4, 0.5) is 0 Å². The second-order valence-electron chi connectivity index (χ2n) is 5.11. The Bertz CT molecular complexity index is 370. The molecule has 0 saturated carbocycles. The number of aryl methyl sites for hydroxylation is 2. The van der Waals surface area contributed by atoms with Crippen LogP contribution in [0.25, 0.3) is 0 Å². The summed E-state index contributed by atoms with van der Waals surface area (Å²) in [6.07, 6.45) is 1.13. The van der Waals surface area contributed by atoms with E-state index >= 15 is 0 Å². The van der Waals surface area contributed by atoms with Crippen LogP contribution in [0, 0.1) is 20.8 Å². The topological polar surface area (TPSA) is 13.7 Å². The summed E-state index contributed by atoms with van der Waals surface area (Å²) in [5, 5.41) is 0. The summed E-state index contributed by atoms with van der Waals surface area (Å²) in [5.41, 5.74) is 3.87. The molecule has 0 spiro atoms. The Morgan fingerprint density at radius 2 is 1.72 bits per heavy atom. The molecule has 0 aliphatic heterocycles. The molecule has 2 nitrogen and oxygen atoms in total. The Labute approximate surface area is 112 Å². The van der Waals surface area contributed by atoms with Gasteiger partial charge in [-0.3, -0.25) is 0 Å². The molecule has 1 aromatic rings. The van der Waals surface area contributed by atoms with E-state index in [9.17, 15) is 0 Å². The molecule has 0 saturated heterocycles. The molecule has 0 aliphatic carbocycles. The van der Waals surface area contributed by atoms with Crippen molar-refractivity contribution >= 4 is 0 Å². The van der Waals surface area contributed by atoms with Gasteiger partial charge in [-0.15, -0.1) is 0 Å². The van der Waals surface area contributed by atoms with Gasteiger partial charge in [0, 0.05) is 6.42 Å². The van der Waals surface area contributed by atoms with Crippen LogP contribution < -0.4 is 9.64 Å². The fourth-order valence-electron chi connectivity index (χ4n) is 2.26. The Morgan fingerprint density at radius 3 is 2.33 bits per heavy atom. The first-order valence-corrected chi connectivity index (χ1v) is 7.12. The first kappa shape index (κ1) is 15.0. The molecule has 2 heteroatoms. The highest BCUT2D eigenvalue weighted by Gasteiger charge is 2.05. The van der Waals surface area contributed by atoms with E-state index in [0.717, 1.165) is 18.8 Å². The van der Waals surface area contributed by atoms with Crippen molar-refractivity contribution in [1.29, 1.82) is 0 Å². The first-order valence-electron chi connectivity index (χ1n) is 7.12. The molecule has 0 aromatic heterocycles. The zero-order valence-electron chi connectivity index (χ0n) is 12.6. The van der Waals surface area contributed by atoms with E-state index < -0.39 is 0 Å². The van der Waals surface area contributed by atoms with Crippen LogP contribution in [-0.2, 0) is 0 Å². The number of ether oxygens (including phenoxy) is 1. The molecule has 0 heterocycles. The van der Waals surface area contributed by atoms with E-state index in [4.69, 9.17) is 4.74 Å². The van der Waals surface area contributed by atoms with Gasteiger partial charge in [-0.1, -0.05) is 6.07 Å². The predicted molar refractivity (Wildman–Crippen MR) is 77.7 cm³/mol. The lowest BCUT2D eigenvalue weighted by Crippen LogP contribution is -3.11. The van der Waals surface area contributed by atoms with Crippen molar-refractivity contribution in [2.45, 2.75) is 41.0 Å². The summed E-state index contributed by atoms with van der Waals surface area (Å²) in [6, 6.07) is 4.36. The highest BCUT2D eigenvalue weighted by Crippen LogP contribution is 2.23. The van der Waals surface area contributed by atoms with E-state index in [1.807, 2.05) is 0 Å². The van der Waals surface area contributed by atoms with Crippen molar-refractivity contribution < 1.29 is 9.64 Å². The maximum absolute atomic E-state index is 5.92. The number of rotatable bonds is 7. The van der Waals surface area contributed by atoms with Gasteiger partial charge in [0.2, 0.25) is 0 Å². The summed E-state index contributed by atoms with van der Waals surface area (Å²) >= 11 is 0. The molecule has 0 unspecified atom stereocenters. The fourth-order valence-corrected chi connectivity index (χ4v) is 2.26. The predicted octanol–water partition coefficient (Wildman–Crippen LogP) is 2.31. The van der Waals surface area contributed by atoms with Gasteiger partial charge in [-0.05, 0) is 57.4 Å². The van der Waals surface area contributed by atoms with Crippen LogP contribution >= 0.6 is 0 Å². The minimum Gasteiger partial charge on any atom is -0.493 e. The zero-order valence-corrected chi connectivity index (χ0v) is 12.6. The molecule has 18 heavy (non-hydrogen) atoms. The Balaban J connectivity index is 2.44. The van der Waals surface area contributed by atoms with Crippen LogP contribution in [0.1, 0.15) is 37.0 Å². The third-order valence-corrected chi connectivity index (χ3v) is 3.70. The average molecular weight is 250 g/mol. The van der Waals surface area contributed by atoms with E-state index in [0.29, 0.717) is 0 Å². The van der Waals surface area contributed by atoms with Gasteiger partial charge in [0.05, 0.1) is 26.2 Å². The third kappa shape index (κ3) is 4.34. The van der Waals surface area contributed by atoms with Crippen LogP contribution in [-0.4, -0.2) is 26.2 Å². The Kier molecular flexibility index (Phi) is 6.20. The van der Waals surface area contributed by atoms with E-state index in [1.165, 1.54) is 36.3 Å². The molecule has 0 bridgehead atoms. The van der Waals surface area contributed by atoms with E-state index in [1.54, 1.807) is 4.90 Å². The molecule has 0 amide bonds. The lowest BCUT2D eigenvalue weighted by Gasteiger charge is -2.16. The average Bonchev–Trinajstić information content (AvgIpc) is 2.35. The smallest absolute Gasteiger partial charge is 0.122 e. The van der Waals surface area contributed by atoms with E-state index in [-0.39, 0.29) is 0 Å². The van der Waals surface area contributed by atoms with Crippen molar-refractivity contribution in [3.05, 3.63) is 28.8 Å². The molecule has 0 aliphatic rings. The highest BCUT2D eigenvalue weighted by atomic mass is 16.5. The molecule has 0 radical (unpaired) electrons. The molecule has 1 rings (SSSR count). The highest BCUT2D eigenvalue weighted by molar-refractivity contribution is 5.41. The lowest BCUT2D eigenvalue weighted by molar-refractivity contribution is -0.896. The Morgan fingerprint density at radius 1 is 1.06 bits per heavy atom. The van der Waals surface area contributed by atoms with Crippen molar-refractivity contribution in [3.63, 3.8) is 0 Å². The van der Waals surface area contributed by atoms with Gasteiger partial charge < -0.3 is 9.64 Å². The number of nitrogens with one attached hydrogen (secondary N) is 1. The van der Waals surface area contributed by atoms with Crippen molar-refractivity contribution in [1.82, 2.24) is 0 Å². The second-order valence-corrected chi connectivity index (χ2v) is 5.11. The van der Waals surface area contributed by atoms with Crippen LogP contribution in [0.5, 0.6) is 5.75 Å².